The fourth-order valence-electron chi connectivity index (χ4n) is 3.00. The Morgan fingerprint density at radius 3 is 2.54 bits per heavy atom. The summed E-state index contributed by atoms with van der Waals surface area (Å²) >= 11 is 1.64. The summed E-state index contributed by atoms with van der Waals surface area (Å²) in [7, 11) is 1.91. The van der Waals surface area contributed by atoms with Crippen molar-refractivity contribution in [2.24, 2.45) is 0 Å². The lowest BCUT2D eigenvalue weighted by atomic mass is 10.0. The van der Waals surface area contributed by atoms with Gasteiger partial charge in [0, 0.05) is 12.7 Å². The Labute approximate surface area is 158 Å². The zero-order valence-corrected chi connectivity index (χ0v) is 16.8. The van der Waals surface area contributed by atoms with Gasteiger partial charge in [-0.25, -0.2) is 4.98 Å². The summed E-state index contributed by atoms with van der Waals surface area (Å²) in [5.41, 5.74) is 5.45. The third kappa shape index (κ3) is 3.73. The van der Waals surface area contributed by atoms with E-state index in [1.807, 2.05) is 30.1 Å². The number of thiazole rings is 1. The molecule has 0 atom stereocenters. The second-order valence-corrected chi connectivity index (χ2v) is 8.00. The van der Waals surface area contributed by atoms with Crippen LogP contribution in [-0.4, -0.2) is 24.5 Å². The molecule has 26 heavy (non-hydrogen) atoms. The van der Waals surface area contributed by atoms with Gasteiger partial charge in [0.1, 0.15) is 0 Å². The molecule has 0 bridgehead atoms. The number of para-hydroxylation sites is 1. The molecule has 0 spiro atoms. The van der Waals surface area contributed by atoms with Crippen LogP contribution < -0.4 is 10.2 Å². The van der Waals surface area contributed by atoms with E-state index in [2.05, 4.69) is 51.2 Å². The van der Waals surface area contributed by atoms with Crippen molar-refractivity contribution in [3.05, 3.63) is 53.1 Å². The molecule has 0 aliphatic heterocycles. The monoisotopic (exact) mass is 367 g/mol. The molecule has 1 N–H and O–H groups in total. The van der Waals surface area contributed by atoms with Crippen molar-refractivity contribution in [1.82, 2.24) is 4.98 Å². The molecule has 1 heterocycles. The van der Waals surface area contributed by atoms with Gasteiger partial charge in [-0.15, -0.1) is 0 Å². The van der Waals surface area contributed by atoms with E-state index in [1.54, 1.807) is 11.3 Å². The summed E-state index contributed by atoms with van der Waals surface area (Å²) in [5.74, 6) is 0.327. The molecular weight excluding hydrogens is 342 g/mol. The van der Waals surface area contributed by atoms with E-state index in [1.165, 1.54) is 10.3 Å². The molecule has 1 amide bonds. The predicted molar refractivity (Wildman–Crippen MR) is 112 cm³/mol. The van der Waals surface area contributed by atoms with Crippen molar-refractivity contribution in [3.63, 3.8) is 0 Å². The van der Waals surface area contributed by atoms with Gasteiger partial charge < -0.3 is 10.2 Å². The van der Waals surface area contributed by atoms with Crippen LogP contribution in [0.25, 0.3) is 10.2 Å². The van der Waals surface area contributed by atoms with Gasteiger partial charge in [-0.2, -0.15) is 0 Å². The first kappa shape index (κ1) is 18.4. The molecule has 0 saturated heterocycles. The number of nitrogens with zero attached hydrogens (tertiary/aromatic N) is 2. The van der Waals surface area contributed by atoms with Crippen molar-refractivity contribution >= 4 is 38.3 Å². The third-order valence-electron chi connectivity index (χ3n) is 4.50. The SMILES string of the molecule is Cc1ccc(C)c2sc(N(C)CC(=O)Nc3ccccc3C(C)C)nc12. The van der Waals surface area contributed by atoms with E-state index in [-0.39, 0.29) is 12.5 Å². The zero-order chi connectivity index (χ0) is 18.8. The molecule has 2 aromatic carbocycles. The Morgan fingerprint density at radius 2 is 1.85 bits per heavy atom. The molecule has 0 saturated carbocycles. The number of nitrogens with one attached hydrogen (secondary N) is 1. The number of benzene rings is 2. The second-order valence-electron chi connectivity index (χ2n) is 7.02. The highest BCUT2D eigenvalue weighted by Gasteiger charge is 2.15. The number of likely N-dealkylation sites (N-methyl/N-ethyl adjacent to an activating group) is 1. The summed E-state index contributed by atoms with van der Waals surface area (Å²) in [6.45, 7) is 8.69. The van der Waals surface area contributed by atoms with Gasteiger partial charge in [-0.1, -0.05) is 55.5 Å². The average Bonchev–Trinajstić information content (AvgIpc) is 3.05. The van der Waals surface area contributed by atoms with Crippen molar-refractivity contribution in [1.29, 1.82) is 0 Å². The molecule has 0 radical (unpaired) electrons. The quantitative estimate of drug-likeness (QED) is 0.681. The maximum absolute atomic E-state index is 12.5. The van der Waals surface area contributed by atoms with Crippen molar-refractivity contribution in [3.8, 4) is 0 Å². The average molecular weight is 368 g/mol. The molecule has 5 heteroatoms. The molecule has 0 fully saturated rings. The van der Waals surface area contributed by atoms with Crippen LogP contribution in [0.5, 0.6) is 0 Å². The van der Waals surface area contributed by atoms with E-state index in [9.17, 15) is 4.79 Å². The number of fused-ring (bicyclic) bond motifs is 1. The minimum Gasteiger partial charge on any atom is -0.342 e. The van der Waals surface area contributed by atoms with E-state index in [0.717, 1.165) is 27.5 Å². The number of carbonyl (C=O) groups excluding carboxylic acids is 1. The van der Waals surface area contributed by atoms with Crippen molar-refractivity contribution in [2.45, 2.75) is 33.6 Å². The summed E-state index contributed by atoms with van der Waals surface area (Å²) < 4.78 is 1.19. The summed E-state index contributed by atoms with van der Waals surface area (Å²) in [6, 6.07) is 12.2. The highest BCUT2D eigenvalue weighted by atomic mass is 32.1. The highest BCUT2D eigenvalue weighted by molar-refractivity contribution is 7.22. The lowest BCUT2D eigenvalue weighted by molar-refractivity contribution is -0.114. The summed E-state index contributed by atoms with van der Waals surface area (Å²) in [6.07, 6.45) is 0. The molecule has 0 aliphatic carbocycles. The van der Waals surface area contributed by atoms with E-state index in [0.29, 0.717) is 5.92 Å². The highest BCUT2D eigenvalue weighted by Crippen LogP contribution is 2.32. The first-order valence-electron chi connectivity index (χ1n) is 8.83. The van der Waals surface area contributed by atoms with Crippen molar-refractivity contribution < 1.29 is 4.79 Å². The molecule has 136 valence electrons. The lowest BCUT2D eigenvalue weighted by Gasteiger charge is -2.17. The first-order chi connectivity index (χ1) is 12.4. The largest absolute Gasteiger partial charge is 0.342 e. The Kier molecular flexibility index (Phi) is 5.28. The maximum Gasteiger partial charge on any atom is 0.243 e. The van der Waals surface area contributed by atoms with Gasteiger partial charge in [0.05, 0.1) is 16.8 Å². The molecular formula is C21H25N3OS. The minimum absolute atomic E-state index is 0.0340. The van der Waals surface area contributed by atoms with Crippen LogP contribution in [0, 0.1) is 13.8 Å². The number of aromatic nitrogens is 1. The van der Waals surface area contributed by atoms with E-state index >= 15 is 0 Å². The Balaban J connectivity index is 1.76. The molecule has 4 nitrogen and oxygen atoms in total. The maximum atomic E-state index is 12.5. The number of hydrogen-bond donors (Lipinski definition) is 1. The molecule has 3 rings (SSSR count). The fraction of sp³-hybridized carbons (Fsp3) is 0.333. The fourth-order valence-corrected chi connectivity index (χ4v) is 4.07. The normalized spacial score (nSPS) is 11.2. The van der Waals surface area contributed by atoms with Crippen LogP contribution in [0.2, 0.25) is 0 Å². The zero-order valence-electron chi connectivity index (χ0n) is 16.0. The van der Waals surface area contributed by atoms with Gasteiger partial charge in [0.15, 0.2) is 5.13 Å². The van der Waals surface area contributed by atoms with Gasteiger partial charge in [-0.3, -0.25) is 4.79 Å². The van der Waals surface area contributed by atoms with Crippen LogP contribution in [0.1, 0.15) is 36.5 Å². The number of amides is 1. The van der Waals surface area contributed by atoms with Crippen LogP contribution in [0.4, 0.5) is 10.8 Å². The molecule has 0 aliphatic rings. The van der Waals surface area contributed by atoms with E-state index in [4.69, 9.17) is 4.98 Å². The second kappa shape index (κ2) is 7.46. The van der Waals surface area contributed by atoms with Crippen molar-refractivity contribution in [2.75, 3.05) is 23.8 Å². The molecule has 1 aromatic heterocycles. The van der Waals surface area contributed by atoms with Crippen LogP contribution in [-0.2, 0) is 4.79 Å². The number of hydrogen-bond acceptors (Lipinski definition) is 4. The Hall–Kier alpha value is -2.40. The lowest BCUT2D eigenvalue weighted by Crippen LogP contribution is -2.30. The molecule has 3 aromatic rings. The smallest absolute Gasteiger partial charge is 0.243 e. The predicted octanol–water partition coefficient (Wildman–Crippen LogP) is 5.11. The van der Waals surface area contributed by atoms with Crippen LogP contribution in [0.3, 0.4) is 0 Å². The van der Waals surface area contributed by atoms with Crippen LogP contribution in [0.15, 0.2) is 36.4 Å². The number of aryl methyl sites for hydroxylation is 2. The minimum atomic E-state index is -0.0340. The number of rotatable bonds is 5. The van der Waals surface area contributed by atoms with Crippen LogP contribution >= 0.6 is 11.3 Å². The Morgan fingerprint density at radius 1 is 1.15 bits per heavy atom. The number of carbonyl (C=O) groups is 1. The topological polar surface area (TPSA) is 45.2 Å². The van der Waals surface area contributed by atoms with Gasteiger partial charge in [0.25, 0.3) is 0 Å². The third-order valence-corrected chi connectivity index (χ3v) is 5.80. The first-order valence-corrected chi connectivity index (χ1v) is 9.65. The van der Waals surface area contributed by atoms with Gasteiger partial charge >= 0.3 is 0 Å². The summed E-state index contributed by atoms with van der Waals surface area (Å²) in [4.78, 5) is 19.2. The molecule has 0 unspecified atom stereocenters. The van der Waals surface area contributed by atoms with E-state index < -0.39 is 0 Å². The number of anilines is 2. The standard InChI is InChI=1S/C21H25N3OS/c1-13(2)16-8-6-7-9-17(16)22-18(25)12-24(5)21-23-19-14(3)10-11-15(4)20(19)26-21/h6-11,13H,12H2,1-5H3,(H,22,25). The Bertz CT molecular complexity index is 907. The summed E-state index contributed by atoms with van der Waals surface area (Å²) in [5, 5.41) is 3.91. The van der Waals surface area contributed by atoms with Gasteiger partial charge in [0.2, 0.25) is 5.91 Å². The van der Waals surface area contributed by atoms with Gasteiger partial charge in [-0.05, 0) is 42.5 Å².